The van der Waals surface area contributed by atoms with Crippen molar-refractivity contribution in [3.8, 4) is 17.2 Å². The number of aryl methyl sites for hydroxylation is 1. The van der Waals surface area contributed by atoms with Gasteiger partial charge in [0.25, 0.3) is 0 Å². The van der Waals surface area contributed by atoms with Gasteiger partial charge in [0.15, 0.2) is 0 Å². The summed E-state index contributed by atoms with van der Waals surface area (Å²) in [5, 5.41) is 11.7. The van der Waals surface area contributed by atoms with Gasteiger partial charge in [-0.05, 0) is 66.9 Å². The number of carboxylic acid groups (broad SMARTS) is 1. The van der Waals surface area contributed by atoms with Crippen LogP contribution in [-0.4, -0.2) is 24.2 Å². The van der Waals surface area contributed by atoms with Crippen molar-refractivity contribution < 1.29 is 19.4 Å². The second-order valence-electron chi connectivity index (χ2n) is 6.99. The van der Waals surface area contributed by atoms with Gasteiger partial charge < -0.3 is 19.9 Å². The van der Waals surface area contributed by atoms with E-state index in [9.17, 15) is 4.79 Å². The van der Waals surface area contributed by atoms with Gasteiger partial charge in [-0.25, -0.2) is 0 Å². The van der Waals surface area contributed by atoms with Crippen molar-refractivity contribution in [3.05, 3.63) is 90.0 Å². The van der Waals surface area contributed by atoms with Crippen LogP contribution < -0.4 is 14.8 Å². The number of carboxylic acids is 1. The van der Waals surface area contributed by atoms with Gasteiger partial charge in [0.1, 0.15) is 23.9 Å². The summed E-state index contributed by atoms with van der Waals surface area (Å²) in [7, 11) is 0. The molecule has 0 aliphatic rings. The van der Waals surface area contributed by atoms with Gasteiger partial charge in [0, 0.05) is 6.54 Å². The summed E-state index contributed by atoms with van der Waals surface area (Å²) in [6.07, 6.45) is 2.07. The van der Waals surface area contributed by atoms with Crippen LogP contribution in [0.1, 0.15) is 24.0 Å². The summed E-state index contributed by atoms with van der Waals surface area (Å²) in [6.45, 7) is 1.80. The summed E-state index contributed by atoms with van der Waals surface area (Å²) in [5.74, 6) is 1.65. The highest BCUT2D eigenvalue weighted by Crippen LogP contribution is 2.23. The van der Waals surface area contributed by atoms with Crippen molar-refractivity contribution in [2.45, 2.75) is 25.9 Å². The molecule has 5 nitrogen and oxygen atoms in total. The summed E-state index contributed by atoms with van der Waals surface area (Å²) >= 11 is 0. The Kier molecular flexibility index (Phi) is 8.30. The predicted octanol–water partition coefficient (Wildman–Crippen LogP) is 5.05. The van der Waals surface area contributed by atoms with E-state index in [2.05, 4.69) is 17.4 Å². The number of rotatable bonds is 12. The first-order valence-electron chi connectivity index (χ1n) is 10.1. The fourth-order valence-corrected chi connectivity index (χ4v) is 2.98. The molecule has 0 heterocycles. The third-order valence-electron chi connectivity index (χ3n) is 4.54. The molecule has 30 heavy (non-hydrogen) atoms. The molecule has 156 valence electrons. The van der Waals surface area contributed by atoms with Crippen LogP contribution in [0.25, 0.3) is 0 Å². The van der Waals surface area contributed by atoms with E-state index in [4.69, 9.17) is 14.6 Å². The largest absolute Gasteiger partial charge is 0.489 e. The second kappa shape index (κ2) is 11.6. The van der Waals surface area contributed by atoms with E-state index in [0.717, 1.165) is 42.2 Å². The minimum Gasteiger partial charge on any atom is -0.489 e. The number of aliphatic carboxylic acids is 1. The van der Waals surface area contributed by atoms with E-state index in [1.165, 1.54) is 5.56 Å². The van der Waals surface area contributed by atoms with E-state index < -0.39 is 5.97 Å². The summed E-state index contributed by atoms with van der Waals surface area (Å²) in [6, 6.07) is 25.7. The Balaban J connectivity index is 1.41. The normalized spacial score (nSPS) is 10.5. The van der Waals surface area contributed by atoms with Crippen LogP contribution >= 0.6 is 0 Å². The first-order chi connectivity index (χ1) is 14.7. The molecule has 3 aromatic carbocycles. The number of nitrogens with one attached hydrogen (secondary N) is 1. The fraction of sp³-hybridized carbons (Fsp3) is 0.240. The van der Waals surface area contributed by atoms with Gasteiger partial charge in [0.05, 0.1) is 6.42 Å². The molecule has 0 aliphatic carbocycles. The molecule has 0 saturated heterocycles. The molecule has 0 aromatic heterocycles. The topological polar surface area (TPSA) is 67.8 Å². The van der Waals surface area contributed by atoms with Crippen molar-refractivity contribution in [3.63, 3.8) is 0 Å². The summed E-state index contributed by atoms with van der Waals surface area (Å²) in [5.41, 5.74) is 2.28. The lowest BCUT2D eigenvalue weighted by atomic mass is 10.1. The highest BCUT2D eigenvalue weighted by Gasteiger charge is 2.02. The Labute approximate surface area is 177 Å². The third-order valence-corrected chi connectivity index (χ3v) is 4.54. The first-order valence-corrected chi connectivity index (χ1v) is 10.1. The molecule has 0 saturated carbocycles. The number of hydrogen-bond donors (Lipinski definition) is 2. The minimum absolute atomic E-state index is 0.160. The quantitative estimate of drug-likeness (QED) is 0.413. The van der Waals surface area contributed by atoms with Crippen molar-refractivity contribution in [1.82, 2.24) is 5.32 Å². The number of benzene rings is 3. The molecule has 0 spiro atoms. The van der Waals surface area contributed by atoms with E-state index in [1.807, 2.05) is 66.7 Å². The van der Waals surface area contributed by atoms with E-state index in [0.29, 0.717) is 13.2 Å². The molecule has 0 fully saturated rings. The average molecular weight is 405 g/mol. The third kappa shape index (κ3) is 7.60. The monoisotopic (exact) mass is 405 g/mol. The molecule has 0 unspecified atom stereocenters. The number of hydrogen-bond acceptors (Lipinski definition) is 4. The van der Waals surface area contributed by atoms with Gasteiger partial charge in [0.2, 0.25) is 0 Å². The molecule has 0 amide bonds. The van der Waals surface area contributed by atoms with E-state index >= 15 is 0 Å². The van der Waals surface area contributed by atoms with Crippen molar-refractivity contribution in [1.29, 1.82) is 0 Å². The van der Waals surface area contributed by atoms with Crippen LogP contribution in [0.4, 0.5) is 0 Å². The highest BCUT2D eigenvalue weighted by molar-refractivity contribution is 5.66. The molecule has 0 bridgehead atoms. The average Bonchev–Trinajstić information content (AvgIpc) is 2.76. The first kappa shape index (κ1) is 21.4. The number of carbonyl (C=O) groups is 1. The van der Waals surface area contributed by atoms with Crippen molar-refractivity contribution in [2.24, 2.45) is 0 Å². The lowest BCUT2D eigenvalue weighted by Gasteiger charge is -2.10. The van der Waals surface area contributed by atoms with Crippen LogP contribution in [-0.2, 0) is 17.8 Å². The maximum absolute atomic E-state index is 10.5. The Morgan fingerprint density at radius 2 is 1.57 bits per heavy atom. The van der Waals surface area contributed by atoms with Gasteiger partial charge in [-0.15, -0.1) is 0 Å². The summed E-state index contributed by atoms with van der Waals surface area (Å²) < 4.78 is 11.8. The Hall–Kier alpha value is -3.31. The predicted molar refractivity (Wildman–Crippen MR) is 117 cm³/mol. The lowest BCUT2D eigenvalue weighted by Crippen LogP contribution is -2.19. The van der Waals surface area contributed by atoms with E-state index in [-0.39, 0.29) is 6.42 Å². The zero-order valence-corrected chi connectivity index (χ0v) is 16.9. The van der Waals surface area contributed by atoms with Crippen molar-refractivity contribution in [2.75, 3.05) is 13.1 Å². The smallest absolute Gasteiger partial charge is 0.304 e. The zero-order valence-electron chi connectivity index (χ0n) is 16.9. The van der Waals surface area contributed by atoms with Crippen LogP contribution in [0.15, 0.2) is 78.9 Å². The molecule has 0 radical (unpaired) electrons. The maximum atomic E-state index is 10.5. The van der Waals surface area contributed by atoms with Crippen LogP contribution in [0.5, 0.6) is 17.2 Å². The van der Waals surface area contributed by atoms with Crippen LogP contribution in [0.2, 0.25) is 0 Å². The zero-order chi connectivity index (χ0) is 21.0. The van der Waals surface area contributed by atoms with Gasteiger partial charge in [-0.2, -0.15) is 0 Å². The molecule has 0 atom stereocenters. The molecule has 0 aliphatic heterocycles. The minimum atomic E-state index is -0.770. The SMILES string of the molecule is O=C(O)CCNCCCc1ccc(OCc2cccc(Oc3ccccc3)c2)cc1. The number of ether oxygens (including phenoxy) is 2. The Bertz CT molecular complexity index is 910. The number of para-hydroxylation sites is 1. The maximum Gasteiger partial charge on any atom is 0.304 e. The molecular weight excluding hydrogens is 378 g/mol. The highest BCUT2D eigenvalue weighted by atomic mass is 16.5. The fourth-order valence-electron chi connectivity index (χ4n) is 2.98. The van der Waals surface area contributed by atoms with Crippen LogP contribution in [0, 0.1) is 0 Å². The standard InChI is InChI=1S/C25H27NO4/c27-25(28)15-17-26-16-5-7-20-11-13-22(14-12-20)29-19-21-6-4-10-24(18-21)30-23-8-2-1-3-9-23/h1-4,6,8-14,18,26H,5,7,15-17,19H2,(H,27,28). The molecule has 5 heteroatoms. The molecule has 2 N–H and O–H groups in total. The van der Waals surface area contributed by atoms with Gasteiger partial charge in [-0.1, -0.05) is 42.5 Å². The van der Waals surface area contributed by atoms with Gasteiger partial charge >= 0.3 is 5.97 Å². The summed E-state index contributed by atoms with van der Waals surface area (Å²) in [4.78, 5) is 10.5. The Morgan fingerprint density at radius 3 is 2.33 bits per heavy atom. The Morgan fingerprint density at radius 1 is 0.800 bits per heavy atom. The molecule has 3 rings (SSSR count). The van der Waals surface area contributed by atoms with Crippen molar-refractivity contribution >= 4 is 5.97 Å². The molecule has 3 aromatic rings. The second-order valence-corrected chi connectivity index (χ2v) is 6.99. The van der Waals surface area contributed by atoms with Gasteiger partial charge in [-0.3, -0.25) is 4.79 Å². The molecular formula is C25H27NO4. The lowest BCUT2D eigenvalue weighted by molar-refractivity contribution is -0.136. The van der Waals surface area contributed by atoms with E-state index in [1.54, 1.807) is 0 Å². The van der Waals surface area contributed by atoms with Crippen LogP contribution in [0.3, 0.4) is 0 Å².